The molecule has 1 fully saturated rings. The van der Waals surface area contributed by atoms with Crippen molar-refractivity contribution in [1.82, 2.24) is 24.0 Å². The van der Waals surface area contributed by atoms with Crippen LogP contribution in [0, 0.1) is 0 Å². The van der Waals surface area contributed by atoms with Crippen LogP contribution in [-0.4, -0.2) is 69.3 Å². The highest BCUT2D eigenvalue weighted by molar-refractivity contribution is 5.74. The normalized spacial score (nSPS) is 15.3. The number of hydrogen-bond donors (Lipinski definition) is 1. The van der Waals surface area contributed by atoms with E-state index in [9.17, 15) is 14.4 Å². The molecule has 0 spiro atoms. The monoisotopic (exact) mass is 376 g/mol. The number of H-pyrrole nitrogens is 1. The lowest BCUT2D eigenvalue weighted by Crippen LogP contribution is -2.49. The Morgan fingerprint density at radius 1 is 1.30 bits per heavy atom. The van der Waals surface area contributed by atoms with Gasteiger partial charge in [-0.25, -0.2) is 4.79 Å². The van der Waals surface area contributed by atoms with Gasteiger partial charge in [-0.05, 0) is 6.92 Å². The Morgan fingerprint density at radius 2 is 2.00 bits per heavy atom. The molecule has 10 nitrogen and oxygen atoms in total. The molecular formula is C17H24N6O4. The number of imidazole rings is 1. The lowest BCUT2D eigenvalue weighted by Gasteiger charge is -2.34. The van der Waals surface area contributed by atoms with Crippen molar-refractivity contribution in [3.63, 3.8) is 0 Å². The Bertz CT molecular complexity index is 964. The molecule has 27 heavy (non-hydrogen) atoms. The van der Waals surface area contributed by atoms with E-state index in [2.05, 4.69) is 21.4 Å². The van der Waals surface area contributed by atoms with Crippen molar-refractivity contribution in [3.05, 3.63) is 33.5 Å². The lowest BCUT2D eigenvalue weighted by molar-refractivity contribution is -0.144. The first-order valence-electron chi connectivity index (χ1n) is 8.89. The Morgan fingerprint density at radius 3 is 2.63 bits per heavy atom. The zero-order valence-corrected chi connectivity index (χ0v) is 15.6. The number of aromatic amines is 1. The van der Waals surface area contributed by atoms with Crippen LogP contribution in [0.4, 0.5) is 5.95 Å². The number of piperazine rings is 1. The van der Waals surface area contributed by atoms with Gasteiger partial charge < -0.3 is 14.2 Å². The first kappa shape index (κ1) is 18.9. The molecule has 3 heterocycles. The van der Waals surface area contributed by atoms with Crippen LogP contribution in [0.15, 0.2) is 22.2 Å². The number of rotatable bonds is 6. The molecule has 0 amide bonds. The third-order valence-electron chi connectivity index (χ3n) is 4.61. The average molecular weight is 376 g/mol. The number of allylic oxidation sites excluding steroid dienone is 1. The summed E-state index contributed by atoms with van der Waals surface area (Å²) in [6, 6.07) is 0. The number of carbonyl (C=O) groups excluding carboxylic acids is 1. The second-order valence-corrected chi connectivity index (χ2v) is 6.37. The largest absolute Gasteiger partial charge is 0.465 e. The van der Waals surface area contributed by atoms with Crippen molar-refractivity contribution in [1.29, 1.82) is 0 Å². The van der Waals surface area contributed by atoms with Gasteiger partial charge in [0.05, 0.1) is 13.2 Å². The standard InChI is InChI=1S/C17H24N6O4/c1-4-6-23-13-14(20(3)17(26)19-15(13)25)18-16(23)22-9-7-21(8-10-22)11-12(24)27-5-2/h4H,1,5-11H2,2-3H3,(H,19,25,26). The molecule has 0 atom stereocenters. The molecule has 1 aliphatic rings. The molecule has 0 bridgehead atoms. The zero-order valence-electron chi connectivity index (χ0n) is 15.6. The molecule has 2 aromatic rings. The maximum Gasteiger partial charge on any atom is 0.329 e. The number of hydrogen-bond acceptors (Lipinski definition) is 7. The van der Waals surface area contributed by atoms with Crippen LogP contribution in [0.25, 0.3) is 11.2 Å². The second-order valence-electron chi connectivity index (χ2n) is 6.37. The molecular weight excluding hydrogens is 352 g/mol. The van der Waals surface area contributed by atoms with Gasteiger partial charge in [0, 0.05) is 39.8 Å². The highest BCUT2D eigenvalue weighted by Gasteiger charge is 2.25. The lowest BCUT2D eigenvalue weighted by atomic mass is 10.3. The van der Waals surface area contributed by atoms with E-state index in [4.69, 9.17) is 4.74 Å². The van der Waals surface area contributed by atoms with Crippen molar-refractivity contribution in [2.45, 2.75) is 13.5 Å². The molecule has 146 valence electrons. The van der Waals surface area contributed by atoms with Crippen molar-refractivity contribution in [2.24, 2.45) is 7.05 Å². The third-order valence-corrected chi connectivity index (χ3v) is 4.61. The summed E-state index contributed by atoms with van der Waals surface area (Å²) in [4.78, 5) is 46.8. The molecule has 1 aliphatic heterocycles. The molecule has 0 aliphatic carbocycles. The Balaban J connectivity index is 1.88. The fourth-order valence-electron chi connectivity index (χ4n) is 3.26. The summed E-state index contributed by atoms with van der Waals surface area (Å²) in [6.07, 6.45) is 1.69. The Kier molecular flexibility index (Phi) is 5.45. The minimum Gasteiger partial charge on any atom is -0.465 e. The predicted molar refractivity (Wildman–Crippen MR) is 101 cm³/mol. The van der Waals surface area contributed by atoms with Crippen molar-refractivity contribution in [3.8, 4) is 0 Å². The number of carbonyl (C=O) groups is 1. The van der Waals surface area contributed by atoms with E-state index in [-0.39, 0.29) is 12.5 Å². The second kappa shape index (κ2) is 7.78. The van der Waals surface area contributed by atoms with E-state index < -0.39 is 11.2 Å². The Labute approximate surface area is 155 Å². The van der Waals surface area contributed by atoms with Crippen LogP contribution in [0.2, 0.25) is 0 Å². The van der Waals surface area contributed by atoms with E-state index in [1.807, 2.05) is 4.90 Å². The van der Waals surface area contributed by atoms with Crippen molar-refractivity contribution >= 4 is 23.1 Å². The van der Waals surface area contributed by atoms with Gasteiger partial charge in [0.25, 0.3) is 5.56 Å². The summed E-state index contributed by atoms with van der Waals surface area (Å²) >= 11 is 0. The van der Waals surface area contributed by atoms with E-state index in [0.29, 0.717) is 56.4 Å². The summed E-state index contributed by atoms with van der Waals surface area (Å²) in [5.74, 6) is 0.388. The molecule has 2 aromatic heterocycles. The van der Waals surface area contributed by atoms with Crippen LogP contribution in [0.3, 0.4) is 0 Å². The van der Waals surface area contributed by atoms with Crippen LogP contribution < -0.4 is 16.1 Å². The number of anilines is 1. The van der Waals surface area contributed by atoms with Gasteiger partial charge in [-0.1, -0.05) is 6.08 Å². The van der Waals surface area contributed by atoms with Gasteiger partial charge in [-0.15, -0.1) is 6.58 Å². The first-order valence-corrected chi connectivity index (χ1v) is 8.89. The highest BCUT2D eigenvalue weighted by Crippen LogP contribution is 2.20. The predicted octanol–water partition coefficient (Wildman–Crippen LogP) is -0.706. The summed E-state index contributed by atoms with van der Waals surface area (Å²) in [6.45, 7) is 9.21. The topological polar surface area (TPSA) is 105 Å². The van der Waals surface area contributed by atoms with E-state index >= 15 is 0 Å². The zero-order chi connectivity index (χ0) is 19.6. The highest BCUT2D eigenvalue weighted by atomic mass is 16.5. The summed E-state index contributed by atoms with van der Waals surface area (Å²) in [5.41, 5.74) is -0.272. The van der Waals surface area contributed by atoms with Crippen LogP contribution in [0.5, 0.6) is 0 Å². The smallest absolute Gasteiger partial charge is 0.329 e. The fourth-order valence-corrected chi connectivity index (χ4v) is 3.26. The number of aromatic nitrogens is 4. The minimum absolute atomic E-state index is 0.230. The maximum absolute atomic E-state index is 12.3. The molecule has 10 heteroatoms. The van der Waals surface area contributed by atoms with Gasteiger partial charge in [0.2, 0.25) is 5.95 Å². The van der Waals surface area contributed by atoms with Crippen molar-refractivity contribution in [2.75, 3.05) is 44.2 Å². The third kappa shape index (κ3) is 3.65. The van der Waals surface area contributed by atoms with Gasteiger partial charge >= 0.3 is 11.7 Å². The Hall–Kier alpha value is -2.88. The quantitative estimate of drug-likeness (QED) is 0.525. The van der Waals surface area contributed by atoms with Gasteiger partial charge in [-0.3, -0.25) is 24.0 Å². The van der Waals surface area contributed by atoms with Gasteiger partial charge in [0.15, 0.2) is 11.2 Å². The molecule has 1 saturated heterocycles. The molecule has 0 aromatic carbocycles. The molecule has 0 radical (unpaired) electrons. The maximum atomic E-state index is 12.3. The average Bonchev–Trinajstić information content (AvgIpc) is 3.01. The van der Waals surface area contributed by atoms with Crippen LogP contribution >= 0.6 is 0 Å². The molecule has 0 saturated carbocycles. The molecule has 3 rings (SSSR count). The van der Waals surface area contributed by atoms with E-state index in [1.54, 1.807) is 24.6 Å². The minimum atomic E-state index is -0.499. The molecule has 1 N–H and O–H groups in total. The number of aryl methyl sites for hydroxylation is 1. The SMILES string of the molecule is C=CCn1c(N2CCN(CC(=O)OCC)CC2)nc2c1c(=O)[nH]c(=O)n2C. The number of nitrogens with one attached hydrogen (secondary N) is 1. The molecule has 0 unspecified atom stereocenters. The van der Waals surface area contributed by atoms with Crippen LogP contribution in [-0.2, 0) is 23.1 Å². The fraction of sp³-hybridized carbons (Fsp3) is 0.529. The number of nitrogens with zero attached hydrogens (tertiary/aromatic N) is 5. The summed E-state index contributed by atoms with van der Waals surface area (Å²) < 4.78 is 8.09. The van der Waals surface area contributed by atoms with E-state index in [1.165, 1.54) is 4.57 Å². The number of ether oxygens (including phenoxy) is 1. The van der Waals surface area contributed by atoms with Gasteiger partial charge in [-0.2, -0.15) is 4.98 Å². The van der Waals surface area contributed by atoms with E-state index in [0.717, 1.165) is 0 Å². The number of fused-ring (bicyclic) bond motifs is 1. The summed E-state index contributed by atoms with van der Waals surface area (Å²) in [7, 11) is 1.58. The van der Waals surface area contributed by atoms with Gasteiger partial charge in [0.1, 0.15) is 0 Å². The van der Waals surface area contributed by atoms with Crippen molar-refractivity contribution < 1.29 is 9.53 Å². The van der Waals surface area contributed by atoms with Crippen LogP contribution in [0.1, 0.15) is 6.92 Å². The summed E-state index contributed by atoms with van der Waals surface area (Å²) in [5, 5.41) is 0. The number of esters is 1. The first-order chi connectivity index (χ1) is 13.0.